The van der Waals surface area contributed by atoms with Crippen molar-refractivity contribution in [2.75, 3.05) is 31.0 Å². The summed E-state index contributed by atoms with van der Waals surface area (Å²) in [5, 5.41) is 2.77. The molecule has 0 fully saturated rings. The molecule has 1 unspecified atom stereocenters. The molecule has 0 bridgehead atoms. The fourth-order valence-corrected chi connectivity index (χ4v) is 5.04. The molecular formula is C26H26N2O4S. The Hall–Kier alpha value is -3.45. The molecule has 1 heterocycles. The number of para-hydroxylation sites is 1. The highest BCUT2D eigenvalue weighted by molar-refractivity contribution is 7.99. The van der Waals surface area contributed by atoms with E-state index in [1.54, 1.807) is 30.9 Å². The maximum Gasteiger partial charge on any atom is 0.244 e. The summed E-state index contributed by atoms with van der Waals surface area (Å²) in [4.78, 5) is 28.7. The zero-order valence-corrected chi connectivity index (χ0v) is 19.6. The molecule has 1 atom stereocenters. The molecule has 4 rings (SSSR count). The molecule has 6 nitrogen and oxygen atoms in total. The Kier molecular flexibility index (Phi) is 6.89. The van der Waals surface area contributed by atoms with E-state index in [0.29, 0.717) is 17.2 Å². The fourth-order valence-electron chi connectivity index (χ4n) is 3.77. The van der Waals surface area contributed by atoms with Gasteiger partial charge in [0.05, 0.1) is 19.9 Å². The highest BCUT2D eigenvalue weighted by atomic mass is 32.2. The summed E-state index contributed by atoms with van der Waals surface area (Å²) in [6.45, 7) is 1.94. The maximum atomic E-state index is 13.3. The summed E-state index contributed by atoms with van der Waals surface area (Å²) < 4.78 is 10.8. The second kappa shape index (κ2) is 10.0. The topological polar surface area (TPSA) is 67.9 Å². The molecule has 7 heteroatoms. The largest absolute Gasteiger partial charge is 0.493 e. The molecule has 2 amide bonds. The molecule has 0 saturated heterocycles. The van der Waals surface area contributed by atoms with Gasteiger partial charge in [0, 0.05) is 22.3 Å². The molecule has 0 aliphatic carbocycles. The van der Waals surface area contributed by atoms with Gasteiger partial charge in [0.15, 0.2) is 11.5 Å². The molecule has 3 aromatic carbocycles. The van der Waals surface area contributed by atoms with Crippen LogP contribution in [0.5, 0.6) is 11.5 Å². The lowest BCUT2D eigenvalue weighted by atomic mass is 10.1. The average Bonchev–Trinajstić information content (AvgIpc) is 2.96. The van der Waals surface area contributed by atoms with Crippen molar-refractivity contribution in [2.24, 2.45) is 0 Å². The van der Waals surface area contributed by atoms with Gasteiger partial charge in [-0.3, -0.25) is 9.59 Å². The van der Waals surface area contributed by atoms with Gasteiger partial charge in [-0.15, -0.1) is 11.8 Å². The number of carbonyl (C=O) groups is 2. The standard InChI is InChI=1S/C26H26N2O4S/c1-17-8-11-19(12-9-17)27-25(29)16-28-20-6-4-5-7-23(20)33-24(15-26(28)30)18-10-13-21(31-2)22(14-18)32-3/h4-14,24H,15-16H2,1-3H3,(H,27,29). The number of methoxy groups -OCH3 is 2. The van der Waals surface area contributed by atoms with Crippen LogP contribution in [0, 0.1) is 6.92 Å². The van der Waals surface area contributed by atoms with Gasteiger partial charge in [0.25, 0.3) is 0 Å². The minimum atomic E-state index is -0.239. The van der Waals surface area contributed by atoms with Crippen molar-refractivity contribution in [3.8, 4) is 11.5 Å². The third kappa shape index (κ3) is 5.14. The van der Waals surface area contributed by atoms with E-state index in [2.05, 4.69) is 5.32 Å². The number of aryl methyl sites for hydroxylation is 1. The zero-order chi connectivity index (χ0) is 23.4. The molecule has 170 valence electrons. The number of anilines is 2. The summed E-state index contributed by atoms with van der Waals surface area (Å²) in [5.74, 6) is 0.916. The molecule has 1 aliphatic rings. The van der Waals surface area contributed by atoms with Gasteiger partial charge in [-0.2, -0.15) is 0 Å². The van der Waals surface area contributed by atoms with Crippen LogP contribution in [0.2, 0.25) is 0 Å². The van der Waals surface area contributed by atoms with Crippen molar-refractivity contribution in [2.45, 2.75) is 23.5 Å². The Morgan fingerprint density at radius 2 is 1.76 bits per heavy atom. The van der Waals surface area contributed by atoms with E-state index < -0.39 is 0 Å². The number of fused-ring (bicyclic) bond motifs is 1. The van der Waals surface area contributed by atoms with Crippen molar-refractivity contribution < 1.29 is 19.1 Å². The van der Waals surface area contributed by atoms with Crippen molar-refractivity contribution in [1.29, 1.82) is 0 Å². The van der Waals surface area contributed by atoms with Crippen LogP contribution in [0.25, 0.3) is 0 Å². The van der Waals surface area contributed by atoms with E-state index in [9.17, 15) is 9.59 Å². The number of ether oxygens (including phenoxy) is 2. The Labute approximate surface area is 197 Å². The molecule has 0 radical (unpaired) electrons. The van der Waals surface area contributed by atoms with Crippen molar-refractivity contribution in [1.82, 2.24) is 0 Å². The van der Waals surface area contributed by atoms with E-state index in [1.165, 1.54) is 0 Å². The predicted octanol–water partition coefficient (Wildman–Crippen LogP) is 5.22. The summed E-state index contributed by atoms with van der Waals surface area (Å²) >= 11 is 1.61. The van der Waals surface area contributed by atoms with E-state index in [-0.39, 0.29) is 30.0 Å². The number of nitrogens with one attached hydrogen (secondary N) is 1. The number of hydrogen-bond acceptors (Lipinski definition) is 5. The smallest absolute Gasteiger partial charge is 0.244 e. The first-order valence-electron chi connectivity index (χ1n) is 10.6. The van der Waals surface area contributed by atoms with Gasteiger partial charge in [-0.05, 0) is 48.9 Å². The number of benzene rings is 3. The molecule has 0 spiro atoms. The number of rotatable bonds is 6. The second-order valence-electron chi connectivity index (χ2n) is 7.79. The zero-order valence-electron chi connectivity index (χ0n) is 18.8. The van der Waals surface area contributed by atoms with Crippen molar-refractivity contribution in [3.63, 3.8) is 0 Å². The predicted molar refractivity (Wildman–Crippen MR) is 131 cm³/mol. The summed E-state index contributed by atoms with van der Waals surface area (Å²) in [6, 6.07) is 21.0. The Balaban J connectivity index is 1.59. The van der Waals surface area contributed by atoms with Crippen LogP contribution in [-0.4, -0.2) is 32.6 Å². The first kappa shape index (κ1) is 22.7. The second-order valence-corrected chi connectivity index (χ2v) is 9.03. The molecule has 33 heavy (non-hydrogen) atoms. The van der Waals surface area contributed by atoms with Crippen LogP contribution >= 0.6 is 11.8 Å². The first-order valence-corrected chi connectivity index (χ1v) is 11.5. The van der Waals surface area contributed by atoms with E-state index in [4.69, 9.17) is 9.47 Å². The Bertz CT molecular complexity index is 1160. The third-order valence-electron chi connectivity index (χ3n) is 5.50. The van der Waals surface area contributed by atoms with E-state index in [1.807, 2.05) is 73.7 Å². The SMILES string of the molecule is COc1ccc(C2CC(=O)N(CC(=O)Nc3ccc(C)cc3)c3ccccc3S2)cc1OC. The lowest BCUT2D eigenvalue weighted by Gasteiger charge is -2.22. The summed E-state index contributed by atoms with van der Waals surface area (Å²) in [7, 11) is 3.19. The van der Waals surface area contributed by atoms with Crippen molar-refractivity contribution in [3.05, 3.63) is 77.9 Å². The van der Waals surface area contributed by atoms with Crippen LogP contribution in [0.4, 0.5) is 11.4 Å². The van der Waals surface area contributed by atoms with Gasteiger partial charge in [-0.1, -0.05) is 35.9 Å². The number of amides is 2. The van der Waals surface area contributed by atoms with E-state index in [0.717, 1.165) is 21.7 Å². The third-order valence-corrected chi connectivity index (χ3v) is 6.83. The normalized spacial score (nSPS) is 15.4. The van der Waals surface area contributed by atoms with Gasteiger partial charge in [-0.25, -0.2) is 0 Å². The number of thioether (sulfide) groups is 1. The summed E-state index contributed by atoms with van der Waals surface area (Å²) in [5.41, 5.74) is 3.53. The minimum Gasteiger partial charge on any atom is -0.493 e. The Morgan fingerprint density at radius 1 is 1.03 bits per heavy atom. The molecular weight excluding hydrogens is 436 g/mol. The molecule has 3 aromatic rings. The number of hydrogen-bond donors (Lipinski definition) is 1. The number of nitrogens with zero attached hydrogens (tertiary/aromatic N) is 1. The molecule has 0 aromatic heterocycles. The van der Waals surface area contributed by atoms with Crippen molar-refractivity contribution >= 4 is 35.0 Å². The highest BCUT2D eigenvalue weighted by Gasteiger charge is 2.30. The summed E-state index contributed by atoms with van der Waals surface area (Å²) in [6.07, 6.45) is 0.257. The quantitative estimate of drug-likeness (QED) is 0.544. The maximum absolute atomic E-state index is 13.3. The Morgan fingerprint density at radius 3 is 2.48 bits per heavy atom. The lowest BCUT2D eigenvalue weighted by Crippen LogP contribution is -2.38. The van der Waals surface area contributed by atoms with Crippen LogP contribution in [0.15, 0.2) is 71.6 Å². The van der Waals surface area contributed by atoms with Gasteiger partial charge < -0.3 is 19.7 Å². The van der Waals surface area contributed by atoms with Gasteiger partial charge in [0.2, 0.25) is 11.8 Å². The highest BCUT2D eigenvalue weighted by Crippen LogP contribution is 2.46. The lowest BCUT2D eigenvalue weighted by molar-refractivity contribution is -0.121. The monoisotopic (exact) mass is 462 g/mol. The van der Waals surface area contributed by atoms with Crippen LogP contribution in [0.3, 0.4) is 0 Å². The fraction of sp³-hybridized carbons (Fsp3) is 0.231. The van der Waals surface area contributed by atoms with Gasteiger partial charge in [0.1, 0.15) is 6.54 Å². The number of carbonyl (C=O) groups excluding carboxylic acids is 2. The van der Waals surface area contributed by atoms with Crippen LogP contribution in [-0.2, 0) is 9.59 Å². The van der Waals surface area contributed by atoms with Crippen LogP contribution < -0.4 is 19.7 Å². The molecule has 1 aliphatic heterocycles. The van der Waals surface area contributed by atoms with E-state index >= 15 is 0 Å². The molecule has 0 saturated carbocycles. The minimum absolute atomic E-state index is 0.0526. The molecule has 1 N–H and O–H groups in total. The average molecular weight is 463 g/mol. The van der Waals surface area contributed by atoms with Crippen LogP contribution in [0.1, 0.15) is 22.8 Å². The first-order chi connectivity index (χ1) is 16.0. The van der Waals surface area contributed by atoms with Gasteiger partial charge >= 0.3 is 0 Å².